The fraction of sp³-hybridized carbons (Fsp3) is 0.900. The standard InChI is InChI=1S/C40H78O/c1-5-9-13-17-21-23-27-31-35-39(33-29-25-19-15-11-7-3)37-41-38-40(34-30-26-20-16-12-8-4)36-32-28-24-22-18-14-10-6-2/h37-38H,5-36H2,1-4H3. The summed E-state index contributed by atoms with van der Waals surface area (Å²) in [6, 6.07) is 0. The molecule has 0 aromatic rings. The molecule has 0 bridgehead atoms. The number of ether oxygens (including phenoxy) is 1. The van der Waals surface area contributed by atoms with Crippen molar-refractivity contribution in [2.75, 3.05) is 0 Å². The van der Waals surface area contributed by atoms with E-state index in [9.17, 15) is 0 Å². The minimum Gasteiger partial charge on any atom is -0.473 e. The van der Waals surface area contributed by atoms with E-state index in [0.717, 1.165) is 0 Å². The van der Waals surface area contributed by atoms with Crippen LogP contribution >= 0.6 is 0 Å². The first-order chi connectivity index (χ1) is 20.3. The van der Waals surface area contributed by atoms with Crippen LogP contribution in [0, 0.1) is 0 Å². The fourth-order valence-corrected chi connectivity index (χ4v) is 5.95. The van der Waals surface area contributed by atoms with E-state index in [-0.39, 0.29) is 0 Å². The maximum Gasteiger partial charge on any atom is 0.0893 e. The fourth-order valence-electron chi connectivity index (χ4n) is 5.95. The van der Waals surface area contributed by atoms with Crippen LogP contribution in [0.15, 0.2) is 23.7 Å². The first-order valence-corrected chi connectivity index (χ1v) is 19.3. The molecule has 244 valence electrons. The Bertz CT molecular complexity index is 497. The summed E-state index contributed by atoms with van der Waals surface area (Å²) >= 11 is 0. The number of rotatable bonds is 34. The lowest BCUT2D eigenvalue weighted by atomic mass is 10.00. The van der Waals surface area contributed by atoms with E-state index >= 15 is 0 Å². The molecule has 0 aromatic carbocycles. The van der Waals surface area contributed by atoms with E-state index in [1.807, 2.05) is 0 Å². The molecule has 0 aliphatic carbocycles. The smallest absolute Gasteiger partial charge is 0.0893 e. The maximum absolute atomic E-state index is 6.27. The molecular weight excluding hydrogens is 496 g/mol. The quantitative estimate of drug-likeness (QED) is 0.0548. The predicted octanol–water partition coefficient (Wildman–Crippen LogP) is 15.3. The number of unbranched alkanes of at least 4 members (excludes halogenated alkanes) is 24. The summed E-state index contributed by atoms with van der Waals surface area (Å²) in [4.78, 5) is 0. The molecule has 0 spiro atoms. The minimum absolute atomic E-state index is 1.24. The highest BCUT2D eigenvalue weighted by molar-refractivity contribution is 5.02. The van der Waals surface area contributed by atoms with Gasteiger partial charge in [-0.15, -0.1) is 0 Å². The van der Waals surface area contributed by atoms with E-state index in [1.165, 1.54) is 205 Å². The summed E-state index contributed by atoms with van der Waals surface area (Å²) < 4.78 is 6.27. The van der Waals surface area contributed by atoms with Crippen LogP contribution in [0.25, 0.3) is 0 Å². The van der Waals surface area contributed by atoms with Gasteiger partial charge in [0, 0.05) is 0 Å². The molecule has 0 rings (SSSR count). The SMILES string of the molecule is CCCCCCCCCCC(=COC=C(CCCCCCCC)CCCCCCCCCC)CCCCCCCC. The van der Waals surface area contributed by atoms with Crippen molar-refractivity contribution in [1.82, 2.24) is 0 Å². The first-order valence-electron chi connectivity index (χ1n) is 19.3. The van der Waals surface area contributed by atoms with Gasteiger partial charge >= 0.3 is 0 Å². The second-order valence-corrected chi connectivity index (χ2v) is 13.2. The van der Waals surface area contributed by atoms with E-state index in [4.69, 9.17) is 4.74 Å². The van der Waals surface area contributed by atoms with Crippen LogP contribution < -0.4 is 0 Å². The molecule has 1 heteroatoms. The molecule has 0 amide bonds. The molecule has 0 fully saturated rings. The average molecular weight is 575 g/mol. The van der Waals surface area contributed by atoms with E-state index in [1.54, 1.807) is 11.1 Å². The van der Waals surface area contributed by atoms with Gasteiger partial charge in [-0.1, -0.05) is 182 Å². The molecule has 0 aromatic heterocycles. The second-order valence-electron chi connectivity index (χ2n) is 13.2. The van der Waals surface area contributed by atoms with Gasteiger partial charge < -0.3 is 4.74 Å². The van der Waals surface area contributed by atoms with E-state index in [2.05, 4.69) is 40.2 Å². The van der Waals surface area contributed by atoms with Crippen LogP contribution in [0.3, 0.4) is 0 Å². The molecule has 0 saturated carbocycles. The molecule has 0 unspecified atom stereocenters. The van der Waals surface area contributed by atoms with Crippen molar-refractivity contribution in [3.05, 3.63) is 23.7 Å². The van der Waals surface area contributed by atoms with Gasteiger partial charge in [0.05, 0.1) is 12.5 Å². The lowest BCUT2D eigenvalue weighted by Gasteiger charge is -2.10. The van der Waals surface area contributed by atoms with Crippen molar-refractivity contribution in [1.29, 1.82) is 0 Å². The molecule has 1 nitrogen and oxygen atoms in total. The summed E-state index contributed by atoms with van der Waals surface area (Å²) in [6.45, 7) is 9.24. The Kier molecular flexibility index (Phi) is 34.9. The van der Waals surface area contributed by atoms with Gasteiger partial charge in [-0.25, -0.2) is 0 Å². The van der Waals surface area contributed by atoms with Crippen molar-refractivity contribution < 1.29 is 4.74 Å². The topological polar surface area (TPSA) is 9.23 Å². The first kappa shape index (κ1) is 40.3. The van der Waals surface area contributed by atoms with Crippen LogP contribution in [-0.2, 0) is 4.74 Å². The molecular formula is C40H78O. The Morgan fingerprint density at radius 3 is 0.707 bits per heavy atom. The second kappa shape index (κ2) is 35.5. The molecule has 0 N–H and O–H groups in total. The maximum atomic E-state index is 6.27. The summed E-state index contributed by atoms with van der Waals surface area (Å²) in [5.74, 6) is 0. The third kappa shape index (κ3) is 32.0. The molecule has 0 atom stereocenters. The third-order valence-electron chi connectivity index (χ3n) is 8.88. The Hall–Kier alpha value is -0.720. The Morgan fingerprint density at radius 1 is 0.293 bits per heavy atom. The Morgan fingerprint density at radius 2 is 0.488 bits per heavy atom. The van der Waals surface area contributed by atoms with Gasteiger partial charge in [-0.05, 0) is 62.5 Å². The van der Waals surface area contributed by atoms with Gasteiger partial charge in [0.15, 0.2) is 0 Å². The highest BCUT2D eigenvalue weighted by Crippen LogP contribution is 2.22. The summed E-state index contributed by atoms with van der Waals surface area (Å²) in [6.07, 6.45) is 48.2. The van der Waals surface area contributed by atoms with Gasteiger partial charge in [-0.2, -0.15) is 0 Å². The Balaban J connectivity index is 4.75. The normalized spacial score (nSPS) is 12.4. The average Bonchev–Trinajstić information content (AvgIpc) is 2.98. The molecule has 0 radical (unpaired) electrons. The number of allylic oxidation sites excluding steroid dienone is 2. The summed E-state index contributed by atoms with van der Waals surface area (Å²) in [7, 11) is 0. The summed E-state index contributed by atoms with van der Waals surface area (Å²) in [5.41, 5.74) is 3.13. The molecule has 0 aliphatic heterocycles. The monoisotopic (exact) mass is 575 g/mol. The largest absolute Gasteiger partial charge is 0.473 e. The van der Waals surface area contributed by atoms with Crippen molar-refractivity contribution in [3.63, 3.8) is 0 Å². The predicted molar refractivity (Wildman–Crippen MR) is 188 cm³/mol. The van der Waals surface area contributed by atoms with Gasteiger partial charge in [-0.3, -0.25) is 0 Å². The molecule has 41 heavy (non-hydrogen) atoms. The number of hydrogen-bond donors (Lipinski definition) is 0. The van der Waals surface area contributed by atoms with Crippen LogP contribution in [0.1, 0.15) is 233 Å². The Labute approximate surface area is 261 Å². The lowest BCUT2D eigenvalue weighted by molar-refractivity contribution is 0.382. The van der Waals surface area contributed by atoms with E-state index < -0.39 is 0 Å². The van der Waals surface area contributed by atoms with Crippen molar-refractivity contribution in [3.8, 4) is 0 Å². The van der Waals surface area contributed by atoms with Gasteiger partial charge in [0.1, 0.15) is 0 Å². The van der Waals surface area contributed by atoms with Crippen LogP contribution in [0.2, 0.25) is 0 Å². The van der Waals surface area contributed by atoms with Gasteiger partial charge in [0.25, 0.3) is 0 Å². The summed E-state index contributed by atoms with van der Waals surface area (Å²) in [5, 5.41) is 0. The van der Waals surface area contributed by atoms with Crippen LogP contribution in [0.5, 0.6) is 0 Å². The molecule has 0 aliphatic rings. The van der Waals surface area contributed by atoms with Crippen molar-refractivity contribution in [2.45, 2.75) is 233 Å². The van der Waals surface area contributed by atoms with Crippen LogP contribution in [-0.4, -0.2) is 0 Å². The van der Waals surface area contributed by atoms with Crippen LogP contribution in [0.4, 0.5) is 0 Å². The zero-order valence-electron chi connectivity index (χ0n) is 29.2. The lowest BCUT2D eigenvalue weighted by Crippen LogP contribution is -1.91. The third-order valence-corrected chi connectivity index (χ3v) is 8.88. The zero-order chi connectivity index (χ0) is 29.9. The highest BCUT2D eigenvalue weighted by atomic mass is 16.5. The number of hydrogen-bond acceptors (Lipinski definition) is 1. The molecule has 0 heterocycles. The van der Waals surface area contributed by atoms with Crippen molar-refractivity contribution >= 4 is 0 Å². The minimum atomic E-state index is 1.24. The van der Waals surface area contributed by atoms with Crippen molar-refractivity contribution in [2.24, 2.45) is 0 Å². The highest BCUT2D eigenvalue weighted by Gasteiger charge is 2.03. The zero-order valence-corrected chi connectivity index (χ0v) is 29.2. The van der Waals surface area contributed by atoms with E-state index in [0.29, 0.717) is 0 Å². The molecule has 0 saturated heterocycles. The van der Waals surface area contributed by atoms with Gasteiger partial charge in [0.2, 0.25) is 0 Å².